The molecule has 5 N–H and O–H groups in total. The zero-order valence-electron chi connectivity index (χ0n) is 24.3. The maximum atomic E-state index is 14.1. The van der Waals surface area contributed by atoms with Crippen LogP contribution in [0.4, 0.5) is 10.5 Å². The first-order valence-corrected chi connectivity index (χ1v) is 13.6. The molecule has 0 heterocycles. The number of alkyl carbamates (subject to hydrolysis) is 1. The maximum Gasteiger partial charge on any atom is 0.408 e. The van der Waals surface area contributed by atoms with Gasteiger partial charge in [-0.15, -0.1) is 6.58 Å². The molecule has 0 radical (unpaired) electrons. The number of nitrogens with one attached hydrogen (secondary N) is 2. The number of phenolic OH excluding ortho intramolecular Hbond substituents is 1. The Hall–Kier alpha value is -4.86. The summed E-state index contributed by atoms with van der Waals surface area (Å²) >= 11 is 0. The highest BCUT2D eigenvalue weighted by Crippen LogP contribution is 2.33. The van der Waals surface area contributed by atoms with Crippen molar-refractivity contribution in [3.63, 3.8) is 0 Å². The molecule has 0 bridgehead atoms. The minimum Gasteiger partial charge on any atom is -0.507 e. The van der Waals surface area contributed by atoms with Gasteiger partial charge in [0.25, 0.3) is 5.91 Å². The lowest BCUT2D eigenvalue weighted by Gasteiger charge is -2.34. The third-order valence-corrected chi connectivity index (χ3v) is 6.42. The summed E-state index contributed by atoms with van der Waals surface area (Å²) in [6, 6.07) is 15.4. The second kappa shape index (κ2) is 13.7. The van der Waals surface area contributed by atoms with Crippen LogP contribution in [0.15, 0.2) is 73.3 Å². The molecule has 0 aliphatic carbocycles. The monoisotopic (exact) mass is 574 g/mol. The number of fused-ring (bicyclic) bond motifs is 1. The zero-order valence-corrected chi connectivity index (χ0v) is 24.3. The molecule has 3 aromatic rings. The summed E-state index contributed by atoms with van der Waals surface area (Å²) in [4.78, 5) is 53.6. The first-order valence-electron chi connectivity index (χ1n) is 13.6. The van der Waals surface area contributed by atoms with E-state index in [1.54, 1.807) is 58.0 Å². The fraction of sp³-hybridized carbons (Fsp3) is 0.312. The van der Waals surface area contributed by atoms with Crippen molar-refractivity contribution in [3.05, 3.63) is 84.4 Å². The number of nitrogens with zero attached hydrogens (tertiary/aromatic N) is 1. The number of nitrogens with two attached hydrogens (primary N) is 1. The number of para-hydroxylation sites is 1. The molecule has 0 fully saturated rings. The number of carbonyl (C=O) groups is 4. The molecule has 10 heteroatoms. The van der Waals surface area contributed by atoms with Crippen LogP contribution in [0.25, 0.3) is 10.8 Å². The van der Waals surface area contributed by atoms with Crippen molar-refractivity contribution in [1.29, 1.82) is 0 Å². The summed E-state index contributed by atoms with van der Waals surface area (Å²) in [6.07, 6.45) is 0.205. The number of carbonyl (C=O) groups excluding carboxylic acids is 4. The fourth-order valence-corrected chi connectivity index (χ4v) is 4.49. The van der Waals surface area contributed by atoms with E-state index in [2.05, 4.69) is 17.2 Å². The van der Waals surface area contributed by atoms with Crippen molar-refractivity contribution < 1.29 is 29.0 Å². The molecule has 222 valence electrons. The molecule has 0 aromatic heterocycles. The smallest absolute Gasteiger partial charge is 0.408 e. The standard InChI is InChI=1S/C32H38N4O6/c1-6-18-36(30(40)25(16-17-26(33)37)35-31(41)42-32(3,4)5)27(24-13-9-10-20(2)28(24)38)29(39)34-23-15-14-21-11-7-8-12-22(21)19-23/h6-15,19,25,27,38H,1,16-18H2,2-5H3,(H2,33,37)(H,34,39)(H,35,41). The number of aryl methyl sites for hydroxylation is 1. The number of aromatic hydroxyl groups is 1. The molecule has 4 amide bonds. The van der Waals surface area contributed by atoms with Gasteiger partial charge in [-0.1, -0.05) is 54.6 Å². The minimum absolute atomic E-state index is 0.120. The summed E-state index contributed by atoms with van der Waals surface area (Å²) in [6.45, 7) is 10.3. The Labute approximate surface area is 245 Å². The third-order valence-electron chi connectivity index (χ3n) is 6.42. The molecule has 0 aliphatic rings. The summed E-state index contributed by atoms with van der Waals surface area (Å²) in [7, 11) is 0. The van der Waals surface area contributed by atoms with Gasteiger partial charge in [-0.05, 0) is 62.6 Å². The fourth-order valence-electron chi connectivity index (χ4n) is 4.49. The molecular formula is C32H38N4O6. The molecule has 42 heavy (non-hydrogen) atoms. The summed E-state index contributed by atoms with van der Waals surface area (Å²) in [5, 5.41) is 18.3. The van der Waals surface area contributed by atoms with Crippen molar-refractivity contribution in [2.75, 3.05) is 11.9 Å². The predicted octanol–water partition coefficient (Wildman–Crippen LogP) is 4.71. The second-order valence-corrected chi connectivity index (χ2v) is 10.9. The highest BCUT2D eigenvalue weighted by Gasteiger charge is 2.37. The van der Waals surface area contributed by atoms with E-state index in [1.807, 2.05) is 30.3 Å². The SMILES string of the molecule is C=CCN(C(=O)C(CCC(N)=O)NC(=O)OC(C)(C)C)C(C(=O)Nc1ccc2ccccc2c1)c1cccc(C)c1O. The lowest BCUT2D eigenvalue weighted by molar-refractivity contribution is -0.140. The van der Waals surface area contributed by atoms with Crippen molar-refractivity contribution in [1.82, 2.24) is 10.2 Å². The van der Waals surface area contributed by atoms with E-state index in [-0.39, 0.29) is 30.7 Å². The summed E-state index contributed by atoms with van der Waals surface area (Å²) in [5.41, 5.74) is 5.66. The predicted molar refractivity (Wildman–Crippen MR) is 162 cm³/mol. The van der Waals surface area contributed by atoms with Crippen LogP contribution in [-0.4, -0.2) is 52.0 Å². The molecule has 0 aliphatic heterocycles. The largest absolute Gasteiger partial charge is 0.507 e. The van der Waals surface area contributed by atoms with Gasteiger partial charge in [0.2, 0.25) is 11.8 Å². The van der Waals surface area contributed by atoms with E-state index in [9.17, 15) is 24.3 Å². The molecule has 2 unspecified atom stereocenters. The van der Waals surface area contributed by atoms with Crippen molar-refractivity contribution in [3.8, 4) is 5.75 Å². The summed E-state index contributed by atoms with van der Waals surface area (Å²) < 4.78 is 5.33. The molecule has 0 saturated heterocycles. The van der Waals surface area contributed by atoms with Crippen LogP contribution in [0.5, 0.6) is 5.75 Å². The van der Waals surface area contributed by atoms with Gasteiger partial charge in [-0.2, -0.15) is 0 Å². The average Bonchev–Trinajstić information content (AvgIpc) is 2.91. The topological polar surface area (TPSA) is 151 Å². The second-order valence-electron chi connectivity index (χ2n) is 10.9. The van der Waals surface area contributed by atoms with Crippen molar-refractivity contribution in [2.24, 2.45) is 5.73 Å². The number of benzene rings is 3. The van der Waals surface area contributed by atoms with Gasteiger partial charge in [-0.25, -0.2) is 4.79 Å². The number of hydrogen-bond acceptors (Lipinski definition) is 6. The van der Waals surface area contributed by atoms with Crippen LogP contribution in [0.1, 0.15) is 50.8 Å². The normalized spacial score (nSPS) is 12.6. The van der Waals surface area contributed by atoms with E-state index < -0.39 is 41.5 Å². The Kier molecular flexibility index (Phi) is 10.3. The van der Waals surface area contributed by atoms with Crippen LogP contribution in [-0.2, 0) is 19.1 Å². The Morgan fingerprint density at radius 1 is 1.05 bits per heavy atom. The first kappa shape index (κ1) is 31.7. The number of phenols is 1. The van der Waals surface area contributed by atoms with Crippen LogP contribution in [0, 0.1) is 6.92 Å². The third kappa shape index (κ3) is 8.33. The van der Waals surface area contributed by atoms with Gasteiger partial charge < -0.3 is 31.1 Å². The van der Waals surface area contributed by atoms with E-state index in [1.165, 1.54) is 11.0 Å². The Bertz CT molecular complexity index is 1480. The van der Waals surface area contributed by atoms with Crippen LogP contribution >= 0.6 is 0 Å². The van der Waals surface area contributed by atoms with E-state index in [4.69, 9.17) is 10.5 Å². The van der Waals surface area contributed by atoms with Crippen LogP contribution < -0.4 is 16.4 Å². The van der Waals surface area contributed by atoms with Crippen LogP contribution in [0.2, 0.25) is 0 Å². The van der Waals surface area contributed by atoms with Crippen molar-refractivity contribution >= 4 is 40.3 Å². The number of primary amides is 1. The highest BCUT2D eigenvalue weighted by atomic mass is 16.6. The van der Waals surface area contributed by atoms with E-state index in [0.717, 1.165) is 10.8 Å². The molecule has 3 aromatic carbocycles. The van der Waals surface area contributed by atoms with Gasteiger partial charge in [0, 0.05) is 24.2 Å². The molecule has 2 atom stereocenters. The number of rotatable bonds is 11. The average molecular weight is 575 g/mol. The van der Waals surface area contributed by atoms with Crippen LogP contribution in [0.3, 0.4) is 0 Å². The Morgan fingerprint density at radius 3 is 2.38 bits per heavy atom. The minimum atomic E-state index is -1.33. The van der Waals surface area contributed by atoms with Gasteiger partial charge in [-0.3, -0.25) is 14.4 Å². The lowest BCUT2D eigenvalue weighted by atomic mass is 9.98. The molecule has 0 spiro atoms. The molecule has 10 nitrogen and oxygen atoms in total. The van der Waals surface area contributed by atoms with Gasteiger partial charge in [0.05, 0.1) is 0 Å². The number of ether oxygens (including phenoxy) is 1. The van der Waals surface area contributed by atoms with Gasteiger partial charge in [0.1, 0.15) is 23.4 Å². The maximum absolute atomic E-state index is 14.1. The quantitative estimate of drug-likeness (QED) is 0.244. The first-order chi connectivity index (χ1) is 19.8. The number of hydrogen-bond donors (Lipinski definition) is 4. The Balaban J connectivity index is 2.05. The van der Waals surface area contributed by atoms with E-state index >= 15 is 0 Å². The molecule has 0 saturated carbocycles. The number of amides is 4. The lowest BCUT2D eigenvalue weighted by Crippen LogP contribution is -2.52. The summed E-state index contributed by atoms with van der Waals surface area (Å²) in [5.74, 6) is -2.13. The molecule has 3 rings (SSSR count). The number of anilines is 1. The van der Waals surface area contributed by atoms with Gasteiger partial charge in [0.15, 0.2) is 0 Å². The zero-order chi connectivity index (χ0) is 31.0. The van der Waals surface area contributed by atoms with E-state index in [0.29, 0.717) is 11.3 Å². The molecular weight excluding hydrogens is 536 g/mol. The van der Waals surface area contributed by atoms with Gasteiger partial charge >= 0.3 is 6.09 Å². The Morgan fingerprint density at radius 2 is 1.74 bits per heavy atom. The highest BCUT2D eigenvalue weighted by molar-refractivity contribution is 6.01. The van der Waals surface area contributed by atoms with Crippen molar-refractivity contribution in [2.45, 2.75) is 58.2 Å².